The van der Waals surface area contributed by atoms with Crippen LogP contribution in [0.1, 0.15) is 11.3 Å². The van der Waals surface area contributed by atoms with E-state index in [9.17, 15) is 0 Å². The molecule has 1 unspecified atom stereocenters. The second kappa shape index (κ2) is 6.21. The van der Waals surface area contributed by atoms with E-state index in [4.69, 9.17) is 0 Å². The zero-order valence-electron chi connectivity index (χ0n) is 10.5. The van der Waals surface area contributed by atoms with E-state index in [1.165, 1.54) is 5.56 Å². The predicted molar refractivity (Wildman–Crippen MR) is 82.8 cm³/mol. The first-order valence-electron chi connectivity index (χ1n) is 6.25. The van der Waals surface area contributed by atoms with Gasteiger partial charge in [0.15, 0.2) is 5.17 Å². The van der Waals surface area contributed by atoms with Crippen molar-refractivity contribution in [3.63, 3.8) is 0 Å². The van der Waals surface area contributed by atoms with Crippen molar-refractivity contribution in [2.75, 3.05) is 5.75 Å². The molecule has 1 saturated heterocycles. The number of nitrogens with one attached hydrogen (secondary N) is 1. The maximum atomic E-state index is 4.57. The van der Waals surface area contributed by atoms with Gasteiger partial charge in [0.05, 0.1) is 17.7 Å². The van der Waals surface area contributed by atoms with Crippen LogP contribution in [-0.4, -0.2) is 21.9 Å². The lowest BCUT2D eigenvalue weighted by Crippen LogP contribution is -2.29. The van der Waals surface area contributed by atoms with Gasteiger partial charge < -0.3 is 5.32 Å². The number of benzene rings is 1. The second-order valence-electron chi connectivity index (χ2n) is 4.44. The number of rotatable bonds is 4. The van der Waals surface area contributed by atoms with Gasteiger partial charge in [-0.2, -0.15) is 0 Å². The summed E-state index contributed by atoms with van der Waals surface area (Å²) in [4.78, 5) is 8.81. The first-order valence-corrected chi connectivity index (χ1v) is 8.18. The van der Waals surface area contributed by atoms with E-state index in [1.54, 1.807) is 23.1 Å². The maximum absolute atomic E-state index is 4.57. The van der Waals surface area contributed by atoms with Crippen LogP contribution in [0.4, 0.5) is 0 Å². The molecule has 2 aromatic rings. The van der Waals surface area contributed by atoms with Crippen molar-refractivity contribution in [3.05, 3.63) is 52.5 Å². The minimum atomic E-state index is 0.488. The van der Waals surface area contributed by atoms with Crippen LogP contribution in [0, 0.1) is 0 Å². The first kappa shape index (κ1) is 12.7. The number of hydrogen-bond acceptors (Lipinski definition) is 4. The van der Waals surface area contributed by atoms with Gasteiger partial charge in [-0.1, -0.05) is 42.1 Å². The largest absolute Gasteiger partial charge is 0.361 e. The molecule has 0 radical (unpaired) electrons. The lowest BCUT2D eigenvalue weighted by Gasteiger charge is -2.09. The highest BCUT2D eigenvalue weighted by molar-refractivity contribution is 8.14. The van der Waals surface area contributed by atoms with Gasteiger partial charge in [-0.3, -0.25) is 4.99 Å². The highest BCUT2D eigenvalue weighted by Gasteiger charge is 2.20. The Hall–Kier alpha value is -1.33. The van der Waals surface area contributed by atoms with Crippen molar-refractivity contribution in [2.24, 2.45) is 4.99 Å². The van der Waals surface area contributed by atoms with Gasteiger partial charge in [0.1, 0.15) is 0 Å². The van der Waals surface area contributed by atoms with Gasteiger partial charge in [0.2, 0.25) is 0 Å². The molecule has 5 heteroatoms. The Balaban J connectivity index is 1.54. The fraction of sp³-hybridized carbons (Fsp3) is 0.286. The van der Waals surface area contributed by atoms with Crippen LogP contribution in [0.2, 0.25) is 0 Å². The number of amidine groups is 1. The van der Waals surface area contributed by atoms with Crippen LogP contribution in [0.3, 0.4) is 0 Å². The summed E-state index contributed by atoms with van der Waals surface area (Å²) in [7, 11) is 0. The van der Waals surface area contributed by atoms with Gasteiger partial charge in [0.25, 0.3) is 0 Å². The summed E-state index contributed by atoms with van der Waals surface area (Å²) in [6.07, 6.45) is 1.06. The maximum Gasteiger partial charge on any atom is 0.157 e. The standard InChI is InChI=1S/C14H15N3S2/c1-2-4-11(5-3-1)6-12-9-19-14(17-12)15-7-13-8-18-10-16-13/h1-5,8,10,12H,6-7,9H2,(H,15,17). The molecular formula is C14H15N3S2. The Morgan fingerprint density at radius 3 is 3.00 bits per heavy atom. The van der Waals surface area contributed by atoms with Crippen LogP contribution >= 0.6 is 23.1 Å². The molecule has 1 fully saturated rings. The summed E-state index contributed by atoms with van der Waals surface area (Å²) in [5.74, 6) is 1.09. The number of thiazole rings is 1. The van der Waals surface area contributed by atoms with E-state index in [1.807, 2.05) is 10.9 Å². The van der Waals surface area contributed by atoms with Crippen LogP contribution in [-0.2, 0) is 13.0 Å². The normalized spacial score (nSPS) is 20.6. The van der Waals surface area contributed by atoms with Gasteiger partial charge >= 0.3 is 0 Å². The van der Waals surface area contributed by atoms with Crippen LogP contribution in [0.25, 0.3) is 0 Å². The summed E-state index contributed by atoms with van der Waals surface area (Å²) in [6, 6.07) is 11.1. The minimum absolute atomic E-state index is 0.488. The number of hydrogen-bond donors (Lipinski definition) is 1. The van der Waals surface area contributed by atoms with Crippen molar-refractivity contribution in [2.45, 2.75) is 19.0 Å². The monoisotopic (exact) mass is 289 g/mol. The average Bonchev–Trinajstić information content (AvgIpc) is 3.09. The van der Waals surface area contributed by atoms with E-state index in [2.05, 4.69) is 45.6 Å². The molecule has 1 aromatic heterocycles. The molecule has 0 bridgehead atoms. The number of nitrogens with zero attached hydrogens (tertiary/aromatic N) is 2. The van der Waals surface area contributed by atoms with Crippen molar-refractivity contribution in [1.82, 2.24) is 10.3 Å². The highest BCUT2D eigenvalue weighted by Crippen LogP contribution is 2.18. The molecule has 1 aliphatic heterocycles. The third-order valence-corrected chi connectivity index (χ3v) is 4.67. The molecule has 3 nitrogen and oxygen atoms in total. The third-order valence-electron chi connectivity index (χ3n) is 2.94. The van der Waals surface area contributed by atoms with E-state index in [0.29, 0.717) is 12.6 Å². The van der Waals surface area contributed by atoms with Crippen molar-refractivity contribution < 1.29 is 0 Å². The van der Waals surface area contributed by atoms with Crippen molar-refractivity contribution in [1.29, 1.82) is 0 Å². The second-order valence-corrected chi connectivity index (χ2v) is 6.17. The fourth-order valence-electron chi connectivity index (χ4n) is 2.01. The topological polar surface area (TPSA) is 37.3 Å². The van der Waals surface area contributed by atoms with E-state index < -0.39 is 0 Å². The summed E-state index contributed by atoms with van der Waals surface area (Å²) >= 11 is 3.42. The molecule has 1 N–H and O–H groups in total. The van der Waals surface area contributed by atoms with Gasteiger partial charge in [-0.15, -0.1) is 11.3 Å². The smallest absolute Gasteiger partial charge is 0.157 e. The number of aromatic nitrogens is 1. The lowest BCUT2D eigenvalue weighted by atomic mass is 10.1. The molecule has 3 rings (SSSR count). The lowest BCUT2D eigenvalue weighted by molar-refractivity contribution is 0.686. The average molecular weight is 289 g/mol. The predicted octanol–water partition coefficient (Wildman–Crippen LogP) is 2.95. The first-order chi connectivity index (χ1) is 9.40. The molecule has 0 saturated carbocycles. The van der Waals surface area contributed by atoms with Crippen LogP contribution in [0.5, 0.6) is 0 Å². The zero-order valence-corrected chi connectivity index (χ0v) is 12.1. The van der Waals surface area contributed by atoms with Crippen LogP contribution in [0.15, 0.2) is 46.2 Å². The highest BCUT2D eigenvalue weighted by atomic mass is 32.2. The van der Waals surface area contributed by atoms with E-state index in [0.717, 1.165) is 23.0 Å². The minimum Gasteiger partial charge on any atom is -0.361 e. The summed E-state index contributed by atoms with van der Waals surface area (Å²) < 4.78 is 0. The Morgan fingerprint density at radius 1 is 1.32 bits per heavy atom. The van der Waals surface area contributed by atoms with Gasteiger partial charge in [-0.25, -0.2) is 4.98 Å². The summed E-state index contributed by atoms with van der Waals surface area (Å²) in [5, 5.41) is 6.59. The van der Waals surface area contributed by atoms with Crippen molar-refractivity contribution in [3.8, 4) is 0 Å². The molecule has 98 valence electrons. The van der Waals surface area contributed by atoms with Crippen molar-refractivity contribution >= 4 is 28.3 Å². The molecule has 1 aromatic carbocycles. The fourth-order valence-corrected chi connectivity index (χ4v) is 3.52. The number of thioether (sulfide) groups is 1. The Kier molecular flexibility index (Phi) is 4.15. The molecular weight excluding hydrogens is 274 g/mol. The Morgan fingerprint density at radius 2 is 2.21 bits per heavy atom. The van der Waals surface area contributed by atoms with E-state index >= 15 is 0 Å². The summed E-state index contributed by atoms with van der Waals surface area (Å²) in [5.41, 5.74) is 4.27. The van der Waals surface area contributed by atoms with Gasteiger partial charge in [0, 0.05) is 17.2 Å². The molecule has 19 heavy (non-hydrogen) atoms. The summed E-state index contributed by atoms with van der Waals surface area (Å²) in [6.45, 7) is 0.677. The third kappa shape index (κ3) is 3.58. The SMILES string of the molecule is c1ccc(CC2CSC(=NCc3cscn3)N2)cc1. The molecule has 0 aliphatic carbocycles. The molecule has 2 heterocycles. The van der Waals surface area contributed by atoms with Gasteiger partial charge in [-0.05, 0) is 12.0 Å². The Bertz CT molecular complexity index is 537. The van der Waals surface area contributed by atoms with E-state index in [-0.39, 0.29) is 0 Å². The Labute approximate surface area is 121 Å². The molecule has 1 aliphatic rings. The number of aliphatic imine (C=N–C) groups is 1. The van der Waals surface area contributed by atoms with Crippen LogP contribution < -0.4 is 5.32 Å². The molecule has 1 atom stereocenters. The quantitative estimate of drug-likeness (QED) is 0.940. The zero-order chi connectivity index (χ0) is 12.9. The molecule has 0 amide bonds. The molecule has 0 spiro atoms.